The summed E-state index contributed by atoms with van der Waals surface area (Å²) in [6, 6.07) is 0. The summed E-state index contributed by atoms with van der Waals surface area (Å²) in [6.45, 7) is 7.45. The number of hydrogen-bond donors (Lipinski definition) is 1. The number of aliphatic imine (C=N–C) groups is 1. The SMILES string of the molecule is CCNC(=NCCCc1nnc2n1CCCCC2)N1CCC2(CCC2)C1. The highest BCUT2D eigenvalue weighted by atomic mass is 15.3. The molecule has 1 saturated carbocycles. The molecule has 1 aliphatic carbocycles. The van der Waals surface area contributed by atoms with E-state index in [1.807, 2.05) is 0 Å². The van der Waals surface area contributed by atoms with E-state index in [1.54, 1.807) is 0 Å². The molecule has 6 heteroatoms. The van der Waals surface area contributed by atoms with Crippen LogP contribution in [0.3, 0.4) is 0 Å². The van der Waals surface area contributed by atoms with Crippen molar-refractivity contribution in [1.29, 1.82) is 0 Å². The van der Waals surface area contributed by atoms with E-state index in [4.69, 9.17) is 4.99 Å². The summed E-state index contributed by atoms with van der Waals surface area (Å²) in [5.74, 6) is 3.48. The summed E-state index contributed by atoms with van der Waals surface area (Å²) in [7, 11) is 0. The molecule has 0 aromatic carbocycles. The smallest absolute Gasteiger partial charge is 0.193 e. The molecule has 4 rings (SSSR count). The van der Waals surface area contributed by atoms with Gasteiger partial charge in [0, 0.05) is 45.6 Å². The number of rotatable bonds is 5. The van der Waals surface area contributed by atoms with Crippen LogP contribution in [-0.4, -0.2) is 51.8 Å². The number of fused-ring (bicyclic) bond motifs is 1. The summed E-state index contributed by atoms with van der Waals surface area (Å²) in [4.78, 5) is 7.42. The molecule has 1 saturated heterocycles. The second kappa shape index (κ2) is 7.97. The topological polar surface area (TPSA) is 58.3 Å². The fourth-order valence-corrected chi connectivity index (χ4v) is 4.78. The van der Waals surface area contributed by atoms with Gasteiger partial charge >= 0.3 is 0 Å². The second-order valence-corrected chi connectivity index (χ2v) is 8.36. The third kappa shape index (κ3) is 3.74. The maximum Gasteiger partial charge on any atom is 0.193 e. The molecule has 26 heavy (non-hydrogen) atoms. The van der Waals surface area contributed by atoms with Crippen LogP contribution in [0.2, 0.25) is 0 Å². The van der Waals surface area contributed by atoms with Gasteiger partial charge in [-0.3, -0.25) is 4.99 Å². The van der Waals surface area contributed by atoms with Crippen molar-refractivity contribution in [3.8, 4) is 0 Å². The van der Waals surface area contributed by atoms with E-state index in [-0.39, 0.29) is 0 Å². The number of hydrogen-bond acceptors (Lipinski definition) is 3. The van der Waals surface area contributed by atoms with E-state index in [1.165, 1.54) is 63.9 Å². The van der Waals surface area contributed by atoms with Gasteiger partial charge in [0.2, 0.25) is 0 Å². The molecule has 0 unspecified atom stereocenters. The van der Waals surface area contributed by atoms with Gasteiger partial charge in [-0.1, -0.05) is 12.8 Å². The number of aryl methyl sites for hydroxylation is 2. The molecule has 0 amide bonds. The third-order valence-electron chi connectivity index (χ3n) is 6.49. The van der Waals surface area contributed by atoms with Gasteiger partial charge in [0.05, 0.1) is 0 Å². The van der Waals surface area contributed by atoms with Gasteiger partial charge in [-0.2, -0.15) is 0 Å². The Bertz CT molecular complexity index is 630. The Hall–Kier alpha value is -1.59. The Morgan fingerprint density at radius 1 is 1.12 bits per heavy atom. The van der Waals surface area contributed by atoms with Gasteiger partial charge < -0.3 is 14.8 Å². The molecule has 2 aliphatic heterocycles. The number of aromatic nitrogens is 3. The predicted molar refractivity (Wildman–Crippen MR) is 104 cm³/mol. The number of nitrogens with zero attached hydrogens (tertiary/aromatic N) is 5. The lowest BCUT2D eigenvalue weighted by Gasteiger charge is -2.38. The van der Waals surface area contributed by atoms with Crippen molar-refractivity contribution in [3.05, 3.63) is 11.6 Å². The molecule has 6 nitrogen and oxygen atoms in total. The maximum atomic E-state index is 4.92. The predicted octanol–water partition coefficient (Wildman–Crippen LogP) is 2.78. The molecule has 1 aromatic heterocycles. The first-order chi connectivity index (χ1) is 12.8. The van der Waals surface area contributed by atoms with Gasteiger partial charge in [-0.15, -0.1) is 10.2 Å². The van der Waals surface area contributed by atoms with E-state index in [0.29, 0.717) is 5.41 Å². The minimum absolute atomic E-state index is 0.620. The molecule has 0 radical (unpaired) electrons. The Kier molecular flexibility index (Phi) is 5.46. The molecule has 0 atom stereocenters. The zero-order valence-electron chi connectivity index (χ0n) is 16.3. The average Bonchev–Trinajstić information content (AvgIpc) is 3.16. The lowest BCUT2D eigenvalue weighted by atomic mass is 9.68. The molecule has 144 valence electrons. The van der Waals surface area contributed by atoms with Crippen LogP contribution in [0, 0.1) is 5.41 Å². The highest BCUT2D eigenvalue weighted by Gasteiger charge is 2.43. The monoisotopic (exact) mass is 358 g/mol. The largest absolute Gasteiger partial charge is 0.357 e. The second-order valence-electron chi connectivity index (χ2n) is 8.36. The van der Waals surface area contributed by atoms with Crippen molar-refractivity contribution < 1.29 is 0 Å². The average molecular weight is 359 g/mol. The minimum Gasteiger partial charge on any atom is -0.357 e. The standard InChI is InChI=1S/C20H34N6/c1-2-21-19(25-15-12-20(16-25)10-7-11-20)22-13-6-9-18-24-23-17-8-4-3-5-14-26(17)18/h2-16H2,1H3,(H,21,22). The van der Waals surface area contributed by atoms with E-state index in [9.17, 15) is 0 Å². The first-order valence-corrected chi connectivity index (χ1v) is 10.7. The molecule has 2 fully saturated rings. The third-order valence-corrected chi connectivity index (χ3v) is 6.49. The molecule has 3 heterocycles. The molecule has 0 bridgehead atoms. The minimum atomic E-state index is 0.620. The van der Waals surface area contributed by atoms with Crippen LogP contribution < -0.4 is 5.32 Å². The Labute approximate surface area is 157 Å². The first-order valence-electron chi connectivity index (χ1n) is 10.7. The Morgan fingerprint density at radius 2 is 2.04 bits per heavy atom. The normalized spacial score (nSPS) is 22.2. The Morgan fingerprint density at radius 3 is 2.81 bits per heavy atom. The van der Waals surface area contributed by atoms with Gasteiger partial charge in [-0.05, 0) is 50.9 Å². The van der Waals surface area contributed by atoms with E-state index in [2.05, 4.69) is 31.9 Å². The van der Waals surface area contributed by atoms with Crippen LogP contribution in [0.5, 0.6) is 0 Å². The summed E-state index contributed by atoms with van der Waals surface area (Å²) < 4.78 is 2.36. The number of nitrogens with one attached hydrogen (secondary N) is 1. The van der Waals surface area contributed by atoms with Crippen molar-refractivity contribution in [2.45, 2.75) is 77.7 Å². The van der Waals surface area contributed by atoms with Crippen molar-refractivity contribution in [2.75, 3.05) is 26.2 Å². The van der Waals surface area contributed by atoms with Crippen molar-refractivity contribution in [3.63, 3.8) is 0 Å². The molecule has 1 aromatic rings. The highest BCUT2D eigenvalue weighted by Crippen LogP contribution is 2.47. The van der Waals surface area contributed by atoms with Crippen molar-refractivity contribution >= 4 is 5.96 Å². The lowest BCUT2D eigenvalue weighted by Crippen LogP contribution is -2.42. The van der Waals surface area contributed by atoms with Crippen molar-refractivity contribution in [1.82, 2.24) is 25.0 Å². The molecule has 1 spiro atoms. The van der Waals surface area contributed by atoms with Crippen LogP contribution in [0.15, 0.2) is 4.99 Å². The molecule has 1 N–H and O–H groups in total. The lowest BCUT2D eigenvalue weighted by molar-refractivity contribution is 0.151. The Balaban J connectivity index is 1.31. The summed E-state index contributed by atoms with van der Waals surface area (Å²) in [5, 5.41) is 12.4. The van der Waals surface area contributed by atoms with E-state index < -0.39 is 0 Å². The quantitative estimate of drug-likeness (QED) is 0.499. The van der Waals surface area contributed by atoms with Gasteiger partial charge in [0.15, 0.2) is 5.96 Å². The van der Waals surface area contributed by atoms with Crippen LogP contribution >= 0.6 is 0 Å². The van der Waals surface area contributed by atoms with Crippen molar-refractivity contribution in [2.24, 2.45) is 10.4 Å². The van der Waals surface area contributed by atoms with Crippen LogP contribution in [0.1, 0.15) is 69.9 Å². The van der Waals surface area contributed by atoms with Gasteiger partial charge in [0.1, 0.15) is 11.6 Å². The summed E-state index contributed by atoms with van der Waals surface area (Å²) >= 11 is 0. The summed E-state index contributed by atoms with van der Waals surface area (Å²) in [6.07, 6.45) is 12.6. The zero-order valence-corrected chi connectivity index (χ0v) is 16.3. The molecular formula is C20H34N6. The number of likely N-dealkylation sites (tertiary alicyclic amines) is 1. The van der Waals surface area contributed by atoms with Gasteiger partial charge in [0.25, 0.3) is 0 Å². The van der Waals surface area contributed by atoms with E-state index in [0.717, 1.165) is 50.7 Å². The molecular weight excluding hydrogens is 324 g/mol. The maximum absolute atomic E-state index is 4.92. The first kappa shape index (κ1) is 17.8. The van der Waals surface area contributed by atoms with E-state index >= 15 is 0 Å². The number of guanidine groups is 1. The molecule has 3 aliphatic rings. The summed E-state index contributed by atoms with van der Waals surface area (Å²) in [5.41, 5.74) is 0.620. The van der Waals surface area contributed by atoms with Crippen LogP contribution in [0.25, 0.3) is 0 Å². The van der Waals surface area contributed by atoms with Crippen LogP contribution in [-0.2, 0) is 19.4 Å². The highest BCUT2D eigenvalue weighted by molar-refractivity contribution is 5.80. The van der Waals surface area contributed by atoms with Crippen LogP contribution in [0.4, 0.5) is 0 Å². The van der Waals surface area contributed by atoms with Gasteiger partial charge in [-0.25, -0.2) is 0 Å². The zero-order chi connectivity index (χ0) is 17.8. The fourth-order valence-electron chi connectivity index (χ4n) is 4.78. The fraction of sp³-hybridized carbons (Fsp3) is 0.850.